The molecule has 1 saturated carbocycles. The summed E-state index contributed by atoms with van der Waals surface area (Å²) >= 11 is 0. The molecule has 1 amide bonds. The third-order valence-corrected chi connectivity index (χ3v) is 4.54. The van der Waals surface area contributed by atoms with Gasteiger partial charge in [0.15, 0.2) is 11.5 Å². The molecule has 0 spiro atoms. The maximum absolute atomic E-state index is 13.1. The lowest BCUT2D eigenvalue weighted by Gasteiger charge is -2.11. The van der Waals surface area contributed by atoms with Gasteiger partial charge >= 0.3 is 12.1 Å². The highest BCUT2D eigenvalue weighted by atomic mass is 19.4. The van der Waals surface area contributed by atoms with E-state index in [0.717, 1.165) is 6.07 Å². The molecular formula is C18H17F3N2O4. The normalized spacial score (nSPS) is 19.7. The molecule has 1 aliphatic rings. The molecule has 1 fully saturated rings. The van der Waals surface area contributed by atoms with Crippen LogP contribution in [-0.2, 0) is 15.7 Å². The maximum atomic E-state index is 13.1. The summed E-state index contributed by atoms with van der Waals surface area (Å²) in [5.41, 5.74) is -1.18. The van der Waals surface area contributed by atoms with Gasteiger partial charge in [0.1, 0.15) is 0 Å². The number of rotatable bonds is 4. The number of alkyl halides is 3. The van der Waals surface area contributed by atoms with E-state index in [-0.39, 0.29) is 34.9 Å². The quantitative estimate of drug-likeness (QED) is 0.820. The number of hydrogen-bond donors (Lipinski definition) is 1. The van der Waals surface area contributed by atoms with E-state index in [1.807, 2.05) is 0 Å². The van der Waals surface area contributed by atoms with Gasteiger partial charge in [0.2, 0.25) is 0 Å². The number of esters is 1. The van der Waals surface area contributed by atoms with Crippen LogP contribution in [0.3, 0.4) is 0 Å². The van der Waals surface area contributed by atoms with E-state index in [4.69, 9.17) is 9.26 Å². The van der Waals surface area contributed by atoms with Gasteiger partial charge in [-0.05, 0) is 25.3 Å². The summed E-state index contributed by atoms with van der Waals surface area (Å²) in [5.74, 6) is -1.30. The number of nitrogens with zero attached hydrogens (tertiary/aromatic N) is 1. The molecular weight excluding hydrogens is 365 g/mol. The van der Waals surface area contributed by atoms with Gasteiger partial charge in [-0.25, -0.2) is 0 Å². The second kappa shape index (κ2) is 7.42. The topological polar surface area (TPSA) is 81.4 Å². The van der Waals surface area contributed by atoms with Crippen LogP contribution < -0.4 is 5.32 Å². The zero-order valence-electron chi connectivity index (χ0n) is 14.4. The molecule has 1 N–H and O–H groups in total. The third-order valence-electron chi connectivity index (χ3n) is 4.54. The number of nitrogens with one attached hydrogen (secondary N) is 1. The first kappa shape index (κ1) is 18.9. The van der Waals surface area contributed by atoms with Crippen LogP contribution >= 0.6 is 0 Å². The fourth-order valence-corrected chi connectivity index (χ4v) is 3.21. The number of aromatic nitrogens is 1. The van der Waals surface area contributed by atoms with Crippen molar-refractivity contribution < 1.29 is 32.0 Å². The first-order valence-corrected chi connectivity index (χ1v) is 8.31. The van der Waals surface area contributed by atoms with Crippen molar-refractivity contribution in [2.24, 2.45) is 5.92 Å². The van der Waals surface area contributed by atoms with Crippen LogP contribution in [0.15, 0.2) is 34.9 Å². The highest BCUT2D eigenvalue weighted by Gasteiger charge is 2.35. The van der Waals surface area contributed by atoms with Crippen LogP contribution in [0.25, 0.3) is 11.3 Å². The first-order valence-electron chi connectivity index (χ1n) is 8.31. The van der Waals surface area contributed by atoms with Gasteiger partial charge in [0.25, 0.3) is 5.91 Å². The van der Waals surface area contributed by atoms with Crippen molar-refractivity contribution in [3.63, 3.8) is 0 Å². The summed E-state index contributed by atoms with van der Waals surface area (Å²) < 4.78 is 49.0. The molecule has 144 valence electrons. The van der Waals surface area contributed by atoms with Crippen LogP contribution in [0.1, 0.15) is 35.3 Å². The largest absolute Gasteiger partial charge is 0.469 e. The van der Waals surface area contributed by atoms with Crippen molar-refractivity contribution in [1.82, 2.24) is 10.5 Å². The van der Waals surface area contributed by atoms with Gasteiger partial charge in [-0.3, -0.25) is 9.59 Å². The Morgan fingerprint density at radius 2 is 2.00 bits per heavy atom. The Morgan fingerprint density at radius 1 is 1.26 bits per heavy atom. The summed E-state index contributed by atoms with van der Waals surface area (Å²) in [5, 5.41) is 6.30. The van der Waals surface area contributed by atoms with Gasteiger partial charge in [-0.2, -0.15) is 13.2 Å². The summed E-state index contributed by atoms with van der Waals surface area (Å²) in [7, 11) is 1.31. The lowest BCUT2D eigenvalue weighted by Crippen LogP contribution is -2.33. The maximum Gasteiger partial charge on any atom is 0.417 e. The van der Waals surface area contributed by atoms with Crippen molar-refractivity contribution in [1.29, 1.82) is 0 Å². The van der Waals surface area contributed by atoms with Gasteiger partial charge < -0.3 is 14.6 Å². The summed E-state index contributed by atoms with van der Waals surface area (Å²) in [6, 6.07) is 5.84. The number of carbonyl (C=O) groups excluding carboxylic acids is 2. The van der Waals surface area contributed by atoms with Crippen LogP contribution in [0.4, 0.5) is 13.2 Å². The Bertz CT molecular complexity index is 847. The Labute approximate surface area is 152 Å². The van der Waals surface area contributed by atoms with Gasteiger partial charge in [-0.15, -0.1) is 0 Å². The van der Waals surface area contributed by atoms with Crippen LogP contribution in [0.2, 0.25) is 0 Å². The number of carbonyl (C=O) groups is 2. The van der Waals surface area contributed by atoms with Crippen LogP contribution in [0.5, 0.6) is 0 Å². The van der Waals surface area contributed by atoms with Crippen LogP contribution in [0, 0.1) is 5.92 Å². The van der Waals surface area contributed by atoms with E-state index in [2.05, 4.69) is 10.5 Å². The predicted octanol–water partition coefficient (Wildman–Crippen LogP) is 3.43. The number of hydrogen-bond acceptors (Lipinski definition) is 5. The lowest BCUT2D eigenvalue weighted by atomic mass is 10.0. The number of halogens is 3. The molecule has 6 nitrogen and oxygen atoms in total. The fraction of sp³-hybridized carbons (Fsp3) is 0.389. The van der Waals surface area contributed by atoms with Gasteiger partial charge in [0, 0.05) is 17.7 Å². The molecule has 2 aromatic rings. The zero-order chi connectivity index (χ0) is 19.6. The van der Waals surface area contributed by atoms with Crippen LogP contribution in [-0.4, -0.2) is 30.2 Å². The molecule has 1 aromatic carbocycles. The van der Waals surface area contributed by atoms with Crippen molar-refractivity contribution >= 4 is 11.9 Å². The van der Waals surface area contributed by atoms with E-state index in [0.29, 0.717) is 19.3 Å². The highest BCUT2D eigenvalue weighted by Crippen LogP contribution is 2.37. The molecule has 9 heteroatoms. The van der Waals surface area contributed by atoms with E-state index < -0.39 is 17.6 Å². The predicted molar refractivity (Wildman–Crippen MR) is 87.6 cm³/mol. The number of ether oxygens (including phenoxy) is 1. The molecule has 27 heavy (non-hydrogen) atoms. The fourth-order valence-electron chi connectivity index (χ4n) is 3.21. The second-order valence-electron chi connectivity index (χ2n) is 6.32. The molecule has 1 aliphatic carbocycles. The Morgan fingerprint density at radius 3 is 2.70 bits per heavy atom. The van der Waals surface area contributed by atoms with Crippen molar-refractivity contribution in [2.45, 2.75) is 31.5 Å². The molecule has 0 aliphatic heterocycles. The third kappa shape index (κ3) is 4.12. The molecule has 0 unspecified atom stereocenters. The molecule has 1 aromatic heterocycles. The standard InChI is InChI=1S/C18H17F3N2O4/c1-26-17(25)10-6-7-11(8-10)22-16(24)14-9-15(27-23-14)12-4-2-3-5-13(12)18(19,20)21/h2-5,9-11H,6-8H2,1H3,(H,22,24)/t10-,11+/m0/s1. The second-order valence-corrected chi connectivity index (χ2v) is 6.32. The minimum absolute atomic E-state index is 0.122. The molecule has 0 bridgehead atoms. The smallest absolute Gasteiger partial charge is 0.417 e. The SMILES string of the molecule is COC(=O)[C@H]1CC[C@@H](NC(=O)c2cc(-c3ccccc3C(F)(F)F)on2)C1. The average molecular weight is 382 g/mol. The summed E-state index contributed by atoms with van der Waals surface area (Å²) in [6.07, 6.45) is -2.91. The molecule has 2 atom stereocenters. The van der Waals surface area contributed by atoms with E-state index in [1.54, 1.807) is 0 Å². The molecule has 3 rings (SSSR count). The van der Waals surface area contributed by atoms with E-state index in [9.17, 15) is 22.8 Å². The van der Waals surface area contributed by atoms with Crippen molar-refractivity contribution in [2.75, 3.05) is 7.11 Å². The summed E-state index contributed by atoms with van der Waals surface area (Å²) in [4.78, 5) is 23.8. The summed E-state index contributed by atoms with van der Waals surface area (Å²) in [6.45, 7) is 0. The molecule has 0 radical (unpaired) electrons. The number of methoxy groups -OCH3 is 1. The molecule has 1 heterocycles. The van der Waals surface area contributed by atoms with E-state index >= 15 is 0 Å². The average Bonchev–Trinajstić information content (AvgIpc) is 3.30. The van der Waals surface area contributed by atoms with Gasteiger partial charge in [0.05, 0.1) is 18.6 Å². The Balaban J connectivity index is 1.72. The van der Waals surface area contributed by atoms with E-state index in [1.165, 1.54) is 31.4 Å². The zero-order valence-corrected chi connectivity index (χ0v) is 14.4. The molecule has 0 saturated heterocycles. The minimum Gasteiger partial charge on any atom is -0.469 e. The monoisotopic (exact) mass is 382 g/mol. The Hall–Kier alpha value is -2.84. The minimum atomic E-state index is -4.56. The number of amides is 1. The highest BCUT2D eigenvalue weighted by molar-refractivity contribution is 5.93. The first-order chi connectivity index (χ1) is 12.8. The van der Waals surface area contributed by atoms with Crippen molar-refractivity contribution in [3.8, 4) is 11.3 Å². The van der Waals surface area contributed by atoms with Gasteiger partial charge in [-0.1, -0.05) is 23.4 Å². The Kier molecular flexibility index (Phi) is 5.20. The lowest BCUT2D eigenvalue weighted by molar-refractivity contribution is -0.145. The number of benzene rings is 1. The van der Waals surface area contributed by atoms with Crippen molar-refractivity contribution in [3.05, 3.63) is 41.6 Å².